The molecule has 0 bridgehead atoms. The first-order valence-corrected chi connectivity index (χ1v) is 9.95. The lowest BCUT2D eigenvalue weighted by Crippen LogP contribution is -2.55. The van der Waals surface area contributed by atoms with Crippen LogP contribution in [0, 0.1) is 0 Å². The fourth-order valence-electron chi connectivity index (χ4n) is 2.77. The molecule has 2 amide bonds. The SMILES string of the molecule is N[C@@H](Cc1ccccc1)C(=O)N[C@@H](Cc1ccc(O)cc1)C(=O)N[C@@H](CS)C(=O)O. The Bertz CT molecular complexity index is 861. The predicted octanol–water partition coefficient (Wildman–Crippen LogP) is 0.489. The van der Waals surface area contributed by atoms with Gasteiger partial charge in [-0.1, -0.05) is 42.5 Å². The van der Waals surface area contributed by atoms with Crippen molar-refractivity contribution in [3.63, 3.8) is 0 Å². The number of hydrogen-bond acceptors (Lipinski definition) is 6. The molecule has 0 aliphatic rings. The molecular formula is C21H25N3O5S. The molecule has 160 valence electrons. The van der Waals surface area contributed by atoms with E-state index in [2.05, 4.69) is 23.3 Å². The van der Waals surface area contributed by atoms with Crippen molar-refractivity contribution in [3.8, 4) is 5.75 Å². The Kier molecular flexibility index (Phi) is 8.70. The van der Waals surface area contributed by atoms with Gasteiger partial charge < -0.3 is 26.6 Å². The predicted molar refractivity (Wildman–Crippen MR) is 115 cm³/mol. The van der Waals surface area contributed by atoms with Crippen molar-refractivity contribution in [3.05, 3.63) is 65.7 Å². The van der Waals surface area contributed by atoms with Crippen LogP contribution in [-0.2, 0) is 27.2 Å². The maximum absolute atomic E-state index is 12.7. The smallest absolute Gasteiger partial charge is 0.327 e. The standard InChI is InChI=1S/C21H25N3O5S/c22-16(10-13-4-2-1-3-5-13)19(26)23-17(11-14-6-8-15(25)9-7-14)20(27)24-18(12-30)21(28)29/h1-9,16-18,25,30H,10-12,22H2,(H,23,26)(H,24,27)(H,28,29)/t16-,17-,18-/m0/s1. The highest BCUT2D eigenvalue weighted by Gasteiger charge is 2.27. The molecule has 2 aromatic carbocycles. The van der Waals surface area contributed by atoms with Gasteiger partial charge in [0.05, 0.1) is 6.04 Å². The monoisotopic (exact) mass is 431 g/mol. The van der Waals surface area contributed by atoms with Gasteiger partial charge in [-0.2, -0.15) is 12.6 Å². The summed E-state index contributed by atoms with van der Waals surface area (Å²) in [5.74, 6) is -2.46. The number of benzene rings is 2. The highest BCUT2D eigenvalue weighted by molar-refractivity contribution is 7.80. The summed E-state index contributed by atoms with van der Waals surface area (Å²) in [6.45, 7) is 0. The maximum atomic E-state index is 12.7. The van der Waals surface area contributed by atoms with E-state index in [-0.39, 0.29) is 24.3 Å². The second-order valence-corrected chi connectivity index (χ2v) is 7.18. The van der Waals surface area contributed by atoms with Gasteiger partial charge in [0.1, 0.15) is 17.8 Å². The number of aromatic hydroxyl groups is 1. The van der Waals surface area contributed by atoms with Crippen molar-refractivity contribution in [1.29, 1.82) is 0 Å². The van der Waals surface area contributed by atoms with Crippen LogP contribution in [0.3, 0.4) is 0 Å². The van der Waals surface area contributed by atoms with Gasteiger partial charge in [0, 0.05) is 12.2 Å². The molecule has 2 aromatic rings. The number of rotatable bonds is 10. The van der Waals surface area contributed by atoms with Gasteiger partial charge in [-0.25, -0.2) is 4.79 Å². The Balaban J connectivity index is 2.12. The Morgan fingerprint density at radius 1 is 0.867 bits per heavy atom. The van der Waals surface area contributed by atoms with Gasteiger partial charge >= 0.3 is 5.97 Å². The second kappa shape index (κ2) is 11.2. The van der Waals surface area contributed by atoms with E-state index in [0.29, 0.717) is 5.56 Å². The molecule has 8 nitrogen and oxygen atoms in total. The average molecular weight is 432 g/mol. The lowest BCUT2D eigenvalue weighted by Gasteiger charge is -2.22. The first kappa shape index (κ1) is 23.2. The lowest BCUT2D eigenvalue weighted by molar-refractivity contribution is -0.141. The summed E-state index contributed by atoms with van der Waals surface area (Å²) in [7, 11) is 0. The number of thiol groups is 1. The van der Waals surface area contributed by atoms with Crippen molar-refractivity contribution >= 4 is 30.4 Å². The zero-order chi connectivity index (χ0) is 22.1. The van der Waals surface area contributed by atoms with Crippen molar-refractivity contribution in [1.82, 2.24) is 10.6 Å². The van der Waals surface area contributed by atoms with Gasteiger partial charge in [0.2, 0.25) is 11.8 Å². The molecule has 0 saturated heterocycles. The maximum Gasteiger partial charge on any atom is 0.327 e. The molecule has 0 spiro atoms. The number of nitrogens with one attached hydrogen (secondary N) is 2. The van der Waals surface area contributed by atoms with E-state index >= 15 is 0 Å². The zero-order valence-electron chi connectivity index (χ0n) is 16.2. The number of phenolic OH excluding ortho intramolecular Hbond substituents is 1. The first-order chi connectivity index (χ1) is 14.3. The molecule has 0 unspecified atom stereocenters. The molecule has 0 fully saturated rings. The Labute approximate surface area is 179 Å². The minimum Gasteiger partial charge on any atom is -0.508 e. The molecule has 3 atom stereocenters. The summed E-state index contributed by atoms with van der Waals surface area (Å²) >= 11 is 3.94. The number of carbonyl (C=O) groups excluding carboxylic acids is 2. The van der Waals surface area contributed by atoms with Crippen LogP contribution in [-0.4, -0.2) is 51.9 Å². The summed E-state index contributed by atoms with van der Waals surface area (Å²) in [6, 6.07) is 12.2. The van der Waals surface area contributed by atoms with E-state index in [1.807, 2.05) is 30.3 Å². The van der Waals surface area contributed by atoms with Crippen LogP contribution in [0.4, 0.5) is 0 Å². The van der Waals surface area contributed by atoms with Crippen molar-refractivity contribution < 1.29 is 24.6 Å². The molecular weight excluding hydrogens is 406 g/mol. The van der Waals surface area contributed by atoms with E-state index in [9.17, 15) is 19.5 Å². The second-order valence-electron chi connectivity index (χ2n) is 6.81. The minimum atomic E-state index is -1.23. The average Bonchev–Trinajstić information content (AvgIpc) is 2.73. The minimum absolute atomic E-state index is 0.0645. The van der Waals surface area contributed by atoms with Crippen molar-refractivity contribution in [2.75, 3.05) is 5.75 Å². The molecule has 9 heteroatoms. The van der Waals surface area contributed by atoms with E-state index < -0.39 is 35.9 Å². The fourth-order valence-corrected chi connectivity index (χ4v) is 3.02. The fraction of sp³-hybridized carbons (Fsp3) is 0.286. The van der Waals surface area contributed by atoms with Gasteiger partial charge in [-0.05, 0) is 29.7 Å². The van der Waals surface area contributed by atoms with E-state index in [1.165, 1.54) is 12.1 Å². The quantitative estimate of drug-likeness (QED) is 0.302. The first-order valence-electron chi connectivity index (χ1n) is 9.32. The Morgan fingerprint density at radius 2 is 1.43 bits per heavy atom. The molecule has 6 N–H and O–H groups in total. The number of aliphatic carboxylic acids is 1. The van der Waals surface area contributed by atoms with Crippen LogP contribution in [0.5, 0.6) is 5.75 Å². The van der Waals surface area contributed by atoms with Gasteiger partial charge in [-0.3, -0.25) is 9.59 Å². The highest BCUT2D eigenvalue weighted by Crippen LogP contribution is 2.12. The third-order valence-electron chi connectivity index (χ3n) is 4.44. The van der Waals surface area contributed by atoms with Crippen molar-refractivity contribution in [2.24, 2.45) is 5.73 Å². The summed E-state index contributed by atoms with van der Waals surface area (Å²) in [4.78, 5) is 36.5. The molecule has 2 rings (SSSR count). The largest absolute Gasteiger partial charge is 0.508 e. The van der Waals surface area contributed by atoms with Gasteiger partial charge in [0.25, 0.3) is 0 Å². The van der Waals surface area contributed by atoms with Gasteiger partial charge in [0.15, 0.2) is 0 Å². The van der Waals surface area contributed by atoms with Crippen molar-refractivity contribution in [2.45, 2.75) is 31.0 Å². The molecule has 0 aliphatic heterocycles. The Hall–Kier alpha value is -3.04. The van der Waals surface area contributed by atoms with E-state index in [4.69, 9.17) is 10.8 Å². The van der Waals surface area contributed by atoms with Crippen LogP contribution in [0.25, 0.3) is 0 Å². The zero-order valence-corrected chi connectivity index (χ0v) is 17.1. The number of carboxylic acids is 1. The Morgan fingerprint density at radius 3 is 2.00 bits per heavy atom. The third kappa shape index (κ3) is 7.09. The molecule has 30 heavy (non-hydrogen) atoms. The van der Waals surface area contributed by atoms with Crippen LogP contribution < -0.4 is 16.4 Å². The molecule has 0 saturated carbocycles. The molecule has 0 heterocycles. The molecule has 0 radical (unpaired) electrons. The van der Waals surface area contributed by atoms with Crippen LogP contribution in [0.2, 0.25) is 0 Å². The van der Waals surface area contributed by atoms with Gasteiger partial charge in [-0.15, -0.1) is 0 Å². The van der Waals surface area contributed by atoms with Crippen LogP contribution >= 0.6 is 12.6 Å². The number of hydrogen-bond donors (Lipinski definition) is 6. The van der Waals surface area contributed by atoms with Crippen LogP contribution in [0.15, 0.2) is 54.6 Å². The summed E-state index contributed by atoms with van der Waals surface area (Å²) in [5, 5.41) is 23.6. The van der Waals surface area contributed by atoms with E-state index in [1.54, 1.807) is 12.1 Å². The van der Waals surface area contributed by atoms with Crippen LogP contribution in [0.1, 0.15) is 11.1 Å². The van der Waals surface area contributed by atoms with E-state index in [0.717, 1.165) is 5.56 Å². The number of carboxylic acid groups (broad SMARTS) is 1. The summed E-state index contributed by atoms with van der Waals surface area (Å²) in [6.07, 6.45) is 0.378. The summed E-state index contributed by atoms with van der Waals surface area (Å²) < 4.78 is 0. The third-order valence-corrected chi connectivity index (χ3v) is 4.81. The topological polar surface area (TPSA) is 142 Å². The number of carbonyl (C=O) groups is 3. The molecule has 0 aromatic heterocycles. The number of phenols is 1. The number of nitrogens with two attached hydrogens (primary N) is 1. The highest BCUT2D eigenvalue weighted by atomic mass is 32.1. The molecule has 0 aliphatic carbocycles. The number of amides is 2. The summed E-state index contributed by atoms with van der Waals surface area (Å²) in [5.41, 5.74) is 7.55. The lowest BCUT2D eigenvalue weighted by atomic mass is 10.0. The normalized spacial score (nSPS) is 13.7.